The fourth-order valence-electron chi connectivity index (χ4n) is 2.85. The summed E-state index contributed by atoms with van der Waals surface area (Å²) in [5, 5.41) is 8.93. The van der Waals surface area contributed by atoms with Crippen LogP contribution in [-0.2, 0) is 0 Å². The minimum atomic E-state index is -0.974. The summed E-state index contributed by atoms with van der Waals surface area (Å²) in [5.74, 6) is 0.550. The lowest BCUT2D eigenvalue weighted by Crippen LogP contribution is -2.38. The minimum Gasteiger partial charge on any atom is -0.493 e. The van der Waals surface area contributed by atoms with Crippen molar-refractivity contribution in [3.8, 4) is 5.75 Å². The molecule has 1 unspecified atom stereocenters. The largest absolute Gasteiger partial charge is 0.493 e. The van der Waals surface area contributed by atoms with Crippen LogP contribution in [0, 0.1) is 11.7 Å². The maximum absolute atomic E-state index is 12.9. The molecule has 5 nitrogen and oxygen atoms in total. The number of pyridine rings is 1. The summed E-state index contributed by atoms with van der Waals surface area (Å²) in [5.41, 5.74) is 0.187. The van der Waals surface area contributed by atoms with E-state index in [1.54, 1.807) is 24.3 Å². The van der Waals surface area contributed by atoms with Crippen molar-refractivity contribution < 1.29 is 19.0 Å². The first kappa shape index (κ1) is 16.2. The van der Waals surface area contributed by atoms with Crippen molar-refractivity contribution in [3.05, 3.63) is 54.0 Å². The second-order valence-electron chi connectivity index (χ2n) is 5.93. The molecule has 1 N–H and O–H groups in total. The molecule has 0 radical (unpaired) electrons. The normalized spacial score (nSPS) is 17.5. The predicted octanol–water partition coefficient (Wildman–Crippen LogP) is 3.21. The predicted molar refractivity (Wildman–Crippen MR) is 88.0 cm³/mol. The first-order valence-electron chi connectivity index (χ1n) is 7.94. The van der Waals surface area contributed by atoms with E-state index >= 15 is 0 Å². The van der Waals surface area contributed by atoms with E-state index < -0.39 is 5.97 Å². The second-order valence-corrected chi connectivity index (χ2v) is 5.93. The van der Waals surface area contributed by atoms with Crippen molar-refractivity contribution in [1.29, 1.82) is 0 Å². The number of carboxylic acids is 1. The summed E-state index contributed by atoms with van der Waals surface area (Å²) in [6.07, 6.45) is 3.47. The summed E-state index contributed by atoms with van der Waals surface area (Å²) in [6, 6.07) is 9.34. The molecular formula is C18H19FN2O3. The van der Waals surface area contributed by atoms with Crippen LogP contribution in [-0.4, -0.2) is 35.8 Å². The van der Waals surface area contributed by atoms with E-state index in [0.717, 1.165) is 31.7 Å². The maximum Gasteiger partial charge on any atom is 0.337 e. The number of carbonyl (C=O) groups is 1. The van der Waals surface area contributed by atoms with E-state index in [0.29, 0.717) is 18.3 Å². The number of hydrogen-bond acceptors (Lipinski definition) is 4. The quantitative estimate of drug-likeness (QED) is 0.912. The number of aromatic nitrogens is 1. The standard InChI is InChI=1S/C18H19FN2O3/c19-15-4-6-16(7-5-15)24-12-13-2-1-9-21(11-13)17-8-3-14(10-20-17)18(22)23/h3-8,10,13H,1-2,9,11-12H2,(H,22,23). The molecule has 1 aromatic heterocycles. The molecule has 0 saturated carbocycles. The van der Waals surface area contributed by atoms with Gasteiger partial charge in [0.15, 0.2) is 0 Å². The number of hydrogen-bond donors (Lipinski definition) is 1. The summed E-state index contributed by atoms with van der Waals surface area (Å²) in [7, 11) is 0. The summed E-state index contributed by atoms with van der Waals surface area (Å²) < 4.78 is 18.6. The van der Waals surface area contributed by atoms with Crippen molar-refractivity contribution in [3.63, 3.8) is 0 Å². The Morgan fingerprint density at radius 1 is 1.29 bits per heavy atom. The van der Waals surface area contributed by atoms with E-state index in [4.69, 9.17) is 9.84 Å². The topological polar surface area (TPSA) is 62.7 Å². The zero-order valence-electron chi connectivity index (χ0n) is 13.2. The van der Waals surface area contributed by atoms with E-state index in [2.05, 4.69) is 9.88 Å². The molecule has 6 heteroatoms. The van der Waals surface area contributed by atoms with Gasteiger partial charge in [0.25, 0.3) is 0 Å². The number of carboxylic acid groups (broad SMARTS) is 1. The van der Waals surface area contributed by atoms with Gasteiger partial charge in [-0.05, 0) is 49.2 Å². The monoisotopic (exact) mass is 330 g/mol. The lowest BCUT2D eigenvalue weighted by molar-refractivity contribution is 0.0696. The van der Waals surface area contributed by atoms with Gasteiger partial charge in [0, 0.05) is 25.2 Å². The Morgan fingerprint density at radius 2 is 2.08 bits per heavy atom. The van der Waals surface area contributed by atoms with Gasteiger partial charge in [-0.15, -0.1) is 0 Å². The Balaban J connectivity index is 1.57. The van der Waals surface area contributed by atoms with Crippen molar-refractivity contribution in [1.82, 2.24) is 4.98 Å². The van der Waals surface area contributed by atoms with Gasteiger partial charge in [-0.25, -0.2) is 14.2 Å². The summed E-state index contributed by atoms with van der Waals surface area (Å²) in [4.78, 5) is 17.3. The molecule has 2 aromatic rings. The lowest BCUT2D eigenvalue weighted by atomic mass is 9.99. The van der Waals surface area contributed by atoms with E-state index in [-0.39, 0.29) is 11.4 Å². The van der Waals surface area contributed by atoms with Crippen LogP contribution in [0.3, 0.4) is 0 Å². The van der Waals surface area contributed by atoms with Crippen LogP contribution in [0.15, 0.2) is 42.6 Å². The third-order valence-electron chi connectivity index (χ3n) is 4.14. The van der Waals surface area contributed by atoms with Gasteiger partial charge < -0.3 is 14.7 Å². The molecule has 0 bridgehead atoms. The highest BCUT2D eigenvalue weighted by atomic mass is 19.1. The first-order chi connectivity index (χ1) is 11.6. The molecule has 3 rings (SSSR count). The molecule has 24 heavy (non-hydrogen) atoms. The van der Waals surface area contributed by atoms with Crippen molar-refractivity contribution in [2.24, 2.45) is 5.92 Å². The smallest absolute Gasteiger partial charge is 0.337 e. The van der Waals surface area contributed by atoms with Gasteiger partial charge in [0.1, 0.15) is 17.4 Å². The van der Waals surface area contributed by atoms with Crippen molar-refractivity contribution in [2.75, 3.05) is 24.6 Å². The van der Waals surface area contributed by atoms with Crippen LogP contribution in [0.5, 0.6) is 5.75 Å². The van der Waals surface area contributed by atoms with Gasteiger partial charge in [0.05, 0.1) is 12.2 Å². The van der Waals surface area contributed by atoms with Gasteiger partial charge in [0.2, 0.25) is 0 Å². The van der Waals surface area contributed by atoms with Gasteiger partial charge in [-0.2, -0.15) is 0 Å². The van der Waals surface area contributed by atoms with Crippen LogP contribution in [0.25, 0.3) is 0 Å². The number of ether oxygens (including phenoxy) is 1. The Labute approximate surface area is 139 Å². The summed E-state index contributed by atoms with van der Waals surface area (Å²) in [6.45, 7) is 2.27. The van der Waals surface area contributed by atoms with E-state index in [1.165, 1.54) is 18.3 Å². The highest BCUT2D eigenvalue weighted by Gasteiger charge is 2.21. The zero-order chi connectivity index (χ0) is 16.9. The summed E-state index contributed by atoms with van der Waals surface area (Å²) >= 11 is 0. The third kappa shape index (κ3) is 4.01. The van der Waals surface area contributed by atoms with Crippen LogP contribution in [0.1, 0.15) is 23.2 Å². The van der Waals surface area contributed by atoms with Gasteiger partial charge >= 0.3 is 5.97 Å². The van der Waals surface area contributed by atoms with E-state index in [1.807, 2.05) is 0 Å². The van der Waals surface area contributed by atoms with Crippen molar-refractivity contribution >= 4 is 11.8 Å². The Morgan fingerprint density at radius 3 is 2.75 bits per heavy atom. The average Bonchev–Trinajstić information content (AvgIpc) is 2.61. The number of aromatic carboxylic acids is 1. The number of nitrogens with zero attached hydrogens (tertiary/aromatic N) is 2. The molecule has 0 spiro atoms. The van der Waals surface area contributed by atoms with Crippen molar-refractivity contribution in [2.45, 2.75) is 12.8 Å². The number of benzene rings is 1. The maximum atomic E-state index is 12.9. The third-order valence-corrected chi connectivity index (χ3v) is 4.14. The van der Waals surface area contributed by atoms with Crippen LogP contribution < -0.4 is 9.64 Å². The van der Waals surface area contributed by atoms with Crippen LogP contribution in [0.2, 0.25) is 0 Å². The molecule has 1 aromatic carbocycles. The number of piperidine rings is 1. The number of anilines is 1. The van der Waals surface area contributed by atoms with E-state index in [9.17, 15) is 9.18 Å². The minimum absolute atomic E-state index is 0.187. The molecule has 0 aliphatic carbocycles. The molecule has 126 valence electrons. The second kappa shape index (κ2) is 7.29. The molecule has 2 heterocycles. The molecule has 0 amide bonds. The Hall–Kier alpha value is -2.63. The molecule has 1 aliphatic heterocycles. The van der Waals surface area contributed by atoms with Gasteiger partial charge in [-0.1, -0.05) is 0 Å². The van der Waals surface area contributed by atoms with Gasteiger partial charge in [-0.3, -0.25) is 0 Å². The van der Waals surface area contributed by atoms with Crippen LogP contribution >= 0.6 is 0 Å². The highest BCUT2D eigenvalue weighted by molar-refractivity contribution is 5.87. The SMILES string of the molecule is O=C(O)c1ccc(N2CCCC(COc3ccc(F)cc3)C2)nc1. The highest BCUT2D eigenvalue weighted by Crippen LogP contribution is 2.23. The fraction of sp³-hybridized carbons (Fsp3) is 0.333. The average molecular weight is 330 g/mol. The molecule has 1 atom stereocenters. The molecular weight excluding hydrogens is 311 g/mol. The fourth-order valence-corrected chi connectivity index (χ4v) is 2.85. The Kier molecular flexibility index (Phi) is 4.93. The Bertz CT molecular complexity index is 688. The molecule has 1 aliphatic rings. The number of rotatable bonds is 5. The molecule has 1 fully saturated rings. The first-order valence-corrected chi connectivity index (χ1v) is 7.94. The van der Waals surface area contributed by atoms with Crippen LogP contribution in [0.4, 0.5) is 10.2 Å². The lowest BCUT2D eigenvalue weighted by Gasteiger charge is -2.33. The number of halogens is 1. The molecule has 1 saturated heterocycles. The zero-order valence-corrected chi connectivity index (χ0v) is 13.2.